The number of nitrogens with one attached hydrogen (secondary N) is 1. The number of benzene rings is 1. The second-order valence-electron chi connectivity index (χ2n) is 6.48. The van der Waals surface area contributed by atoms with E-state index in [0.717, 1.165) is 18.7 Å². The molecule has 1 aromatic rings. The van der Waals surface area contributed by atoms with Crippen molar-refractivity contribution in [3.05, 3.63) is 35.6 Å². The number of nitrogens with zero attached hydrogens (tertiary/aromatic N) is 2. The number of hydrogen-bond acceptors (Lipinski definition) is 3. The van der Waals surface area contributed by atoms with Crippen LogP contribution in [0.4, 0.5) is 4.39 Å². The Hall–Kier alpha value is -1.95. The lowest BCUT2D eigenvalue weighted by Gasteiger charge is -2.35. The predicted octanol–water partition coefficient (Wildman–Crippen LogP) is 1.28. The topological polar surface area (TPSA) is 52.7 Å². The monoisotopic (exact) mass is 335 g/mol. The molecule has 1 saturated heterocycles. The van der Waals surface area contributed by atoms with Crippen LogP contribution in [0.15, 0.2) is 24.3 Å². The lowest BCUT2D eigenvalue weighted by atomic mass is 10.1. The largest absolute Gasteiger partial charge is 0.355 e. The third-order valence-corrected chi connectivity index (χ3v) is 4.19. The summed E-state index contributed by atoms with van der Waals surface area (Å²) in [5, 5.41) is 2.89. The van der Waals surface area contributed by atoms with E-state index >= 15 is 0 Å². The van der Waals surface area contributed by atoms with Crippen molar-refractivity contribution in [1.82, 2.24) is 15.1 Å². The highest BCUT2D eigenvalue weighted by molar-refractivity contribution is 5.79. The molecule has 0 atom stereocenters. The quantitative estimate of drug-likeness (QED) is 0.852. The molecule has 1 aliphatic rings. The van der Waals surface area contributed by atoms with E-state index in [-0.39, 0.29) is 23.5 Å². The fourth-order valence-corrected chi connectivity index (χ4v) is 2.75. The van der Waals surface area contributed by atoms with Crippen LogP contribution in [0.5, 0.6) is 0 Å². The van der Waals surface area contributed by atoms with Gasteiger partial charge in [-0.1, -0.05) is 26.0 Å². The molecule has 0 radical (unpaired) electrons. The third kappa shape index (κ3) is 5.60. The van der Waals surface area contributed by atoms with Crippen molar-refractivity contribution >= 4 is 11.8 Å². The molecule has 6 heteroatoms. The van der Waals surface area contributed by atoms with Crippen molar-refractivity contribution in [3.8, 4) is 0 Å². The molecule has 0 aliphatic carbocycles. The highest BCUT2D eigenvalue weighted by Crippen LogP contribution is 2.07. The molecule has 0 spiro atoms. The number of piperazine rings is 1. The van der Waals surface area contributed by atoms with E-state index < -0.39 is 0 Å². The van der Waals surface area contributed by atoms with Gasteiger partial charge in [0.05, 0.1) is 6.54 Å². The average molecular weight is 335 g/mol. The fourth-order valence-electron chi connectivity index (χ4n) is 2.75. The Bertz CT molecular complexity index is 552. The van der Waals surface area contributed by atoms with E-state index in [4.69, 9.17) is 0 Å². The van der Waals surface area contributed by atoms with Gasteiger partial charge in [0.2, 0.25) is 11.8 Å². The van der Waals surface area contributed by atoms with Gasteiger partial charge in [0.25, 0.3) is 0 Å². The molecule has 1 aromatic carbocycles. The summed E-state index contributed by atoms with van der Waals surface area (Å²) in [5.41, 5.74) is 0.998. The Labute approximate surface area is 142 Å². The van der Waals surface area contributed by atoms with E-state index in [9.17, 15) is 14.0 Å². The highest BCUT2D eigenvalue weighted by atomic mass is 19.1. The van der Waals surface area contributed by atoms with Gasteiger partial charge in [-0.05, 0) is 24.1 Å². The van der Waals surface area contributed by atoms with Crippen LogP contribution in [0.25, 0.3) is 0 Å². The summed E-state index contributed by atoms with van der Waals surface area (Å²) in [6, 6.07) is 6.31. The Morgan fingerprint density at radius 1 is 1.12 bits per heavy atom. The Balaban J connectivity index is 1.64. The number of amides is 2. The van der Waals surface area contributed by atoms with Gasteiger partial charge in [-0.25, -0.2) is 4.39 Å². The van der Waals surface area contributed by atoms with Crippen LogP contribution >= 0.6 is 0 Å². The molecule has 1 heterocycles. The van der Waals surface area contributed by atoms with Gasteiger partial charge in [0.15, 0.2) is 0 Å². The summed E-state index contributed by atoms with van der Waals surface area (Å²) >= 11 is 0. The zero-order chi connectivity index (χ0) is 17.5. The molecular formula is C18H26FN3O2. The summed E-state index contributed by atoms with van der Waals surface area (Å²) in [6.07, 6.45) is 0.683. The number of carbonyl (C=O) groups excluding carboxylic acids is 2. The molecule has 0 aromatic heterocycles. The zero-order valence-electron chi connectivity index (χ0n) is 14.4. The van der Waals surface area contributed by atoms with Crippen LogP contribution < -0.4 is 5.32 Å². The maximum absolute atomic E-state index is 12.8. The normalized spacial score (nSPS) is 15.6. The molecule has 1 fully saturated rings. The van der Waals surface area contributed by atoms with Crippen LogP contribution in [-0.4, -0.2) is 60.9 Å². The number of hydrogen-bond donors (Lipinski definition) is 1. The minimum atomic E-state index is -0.252. The molecule has 1 aliphatic heterocycles. The van der Waals surface area contributed by atoms with Crippen molar-refractivity contribution in [2.45, 2.75) is 20.3 Å². The maximum atomic E-state index is 12.8. The Kier molecular flexibility index (Phi) is 6.73. The molecule has 0 unspecified atom stereocenters. The van der Waals surface area contributed by atoms with Crippen LogP contribution in [0, 0.1) is 11.7 Å². The first kappa shape index (κ1) is 18.4. The van der Waals surface area contributed by atoms with E-state index in [1.807, 2.05) is 18.7 Å². The smallest absolute Gasteiger partial charge is 0.234 e. The second-order valence-corrected chi connectivity index (χ2v) is 6.48. The number of carbonyl (C=O) groups is 2. The van der Waals surface area contributed by atoms with Crippen molar-refractivity contribution in [1.29, 1.82) is 0 Å². The fraction of sp³-hybridized carbons (Fsp3) is 0.556. The summed E-state index contributed by atoms with van der Waals surface area (Å²) in [5.74, 6) is -0.0664. The van der Waals surface area contributed by atoms with E-state index in [1.165, 1.54) is 12.1 Å². The molecular weight excluding hydrogens is 309 g/mol. The van der Waals surface area contributed by atoms with Crippen LogP contribution in [0.3, 0.4) is 0 Å². The number of rotatable bonds is 6. The van der Waals surface area contributed by atoms with Gasteiger partial charge < -0.3 is 10.2 Å². The molecule has 2 rings (SSSR count). The number of halogens is 1. The molecule has 2 amide bonds. The van der Waals surface area contributed by atoms with Crippen LogP contribution in [0.1, 0.15) is 19.4 Å². The van der Waals surface area contributed by atoms with Crippen molar-refractivity contribution in [2.24, 2.45) is 5.92 Å². The minimum absolute atomic E-state index is 0.0132. The minimum Gasteiger partial charge on any atom is -0.355 e. The third-order valence-electron chi connectivity index (χ3n) is 4.19. The van der Waals surface area contributed by atoms with Gasteiger partial charge in [-0.3, -0.25) is 14.5 Å². The molecule has 0 saturated carbocycles. The molecule has 1 N–H and O–H groups in total. The lowest BCUT2D eigenvalue weighted by Crippen LogP contribution is -2.52. The molecule has 0 bridgehead atoms. The van der Waals surface area contributed by atoms with Crippen LogP contribution in [-0.2, 0) is 16.0 Å². The molecule has 132 valence electrons. The molecule has 5 nitrogen and oxygen atoms in total. The zero-order valence-corrected chi connectivity index (χ0v) is 14.4. The van der Waals surface area contributed by atoms with Crippen molar-refractivity contribution in [3.63, 3.8) is 0 Å². The Morgan fingerprint density at radius 2 is 1.75 bits per heavy atom. The first-order valence-corrected chi connectivity index (χ1v) is 8.48. The molecule has 24 heavy (non-hydrogen) atoms. The first-order chi connectivity index (χ1) is 11.5. The standard InChI is InChI=1S/C18H26FN3O2/c1-14(2)18(24)22-11-9-21(10-12-22)13-17(23)20-8-7-15-3-5-16(19)6-4-15/h3-6,14H,7-13H2,1-2H3,(H,20,23). The van der Waals surface area contributed by atoms with Gasteiger partial charge >= 0.3 is 0 Å². The summed E-state index contributed by atoms with van der Waals surface area (Å²) in [6.45, 7) is 7.52. The van der Waals surface area contributed by atoms with Crippen LogP contribution in [0.2, 0.25) is 0 Å². The first-order valence-electron chi connectivity index (χ1n) is 8.48. The summed E-state index contributed by atoms with van der Waals surface area (Å²) in [7, 11) is 0. The van der Waals surface area contributed by atoms with Gasteiger partial charge in [-0.2, -0.15) is 0 Å². The van der Waals surface area contributed by atoms with Crippen molar-refractivity contribution < 1.29 is 14.0 Å². The van der Waals surface area contributed by atoms with E-state index in [0.29, 0.717) is 32.6 Å². The SMILES string of the molecule is CC(C)C(=O)N1CCN(CC(=O)NCCc2ccc(F)cc2)CC1. The second kappa shape index (κ2) is 8.78. The Morgan fingerprint density at radius 3 is 2.33 bits per heavy atom. The van der Waals surface area contributed by atoms with E-state index in [1.54, 1.807) is 12.1 Å². The lowest BCUT2D eigenvalue weighted by molar-refractivity contribution is -0.136. The average Bonchev–Trinajstić information content (AvgIpc) is 2.56. The van der Waals surface area contributed by atoms with Crippen molar-refractivity contribution in [2.75, 3.05) is 39.3 Å². The maximum Gasteiger partial charge on any atom is 0.234 e. The van der Waals surface area contributed by atoms with E-state index in [2.05, 4.69) is 10.2 Å². The van der Waals surface area contributed by atoms with Gasteiger partial charge in [0.1, 0.15) is 5.82 Å². The predicted molar refractivity (Wildman–Crippen MR) is 91.0 cm³/mol. The van der Waals surface area contributed by atoms with Gasteiger partial charge in [0, 0.05) is 38.6 Å². The highest BCUT2D eigenvalue weighted by Gasteiger charge is 2.23. The van der Waals surface area contributed by atoms with Gasteiger partial charge in [-0.15, -0.1) is 0 Å². The summed E-state index contributed by atoms with van der Waals surface area (Å²) < 4.78 is 12.8. The summed E-state index contributed by atoms with van der Waals surface area (Å²) in [4.78, 5) is 27.8.